The summed E-state index contributed by atoms with van der Waals surface area (Å²) >= 11 is 0. The SMILES string of the molecule is CN(C)C[C@@H]1OCCN(C(=O)Cn2ccc3ccccc32)[C@H]1c1cnn(C)c1. The van der Waals surface area contributed by atoms with Crippen LogP contribution in [0.3, 0.4) is 0 Å². The third-order valence-electron chi connectivity index (χ3n) is 5.27. The number of ether oxygens (including phenoxy) is 1. The summed E-state index contributed by atoms with van der Waals surface area (Å²) < 4.78 is 9.87. The van der Waals surface area contributed by atoms with Crippen molar-refractivity contribution >= 4 is 16.8 Å². The molecule has 0 saturated carbocycles. The fourth-order valence-electron chi connectivity index (χ4n) is 4.03. The molecule has 0 aliphatic carbocycles. The third kappa shape index (κ3) is 3.68. The van der Waals surface area contributed by atoms with Gasteiger partial charge >= 0.3 is 0 Å². The molecule has 3 aromatic rings. The lowest BCUT2D eigenvalue weighted by atomic mass is 10.0. The summed E-state index contributed by atoms with van der Waals surface area (Å²) in [7, 11) is 5.94. The second kappa shape index (κ2) is 7.77. The van der Waals surface area contributed by atoms with E-state index in [1.807, 2.05) is 61.3 Å². The molecule has 2 atom stereocenters. The predicted molar refractivity (Wildman–Crippen MR) is 108 cm³/mol. The third-order valence-corrected chi connectivity index (χ3v) is 5.27. The van der Waals surface area contributed by atoms with Crippen LogP contribution in [0.15, 0.2) is 48.9 Å². The Balaban J connectivity index is 1.62. The van der Waals surface area contributed by atoms with Gasteiger partial charge in [0.15, 0.2) is 0 Å². The Hall–Kier alpha value is -2.64. The van der Waals surface area contributed by atoms with Crippen molar-refractivity contribution in [3.05, 3.63) is 54.5 Å². The predicted octanol–water partition coefficient (Wildman–Crippen LogP) is 1.91. The number of aromatic nitrogens is 3. The first-order valence-electron chi connectivity index (χ1n) is 9.61. The lowest BCUT2D eigenvalue weighted by Crippen LogP contribution is -2.51. The molecule has 1 fully saturated rings. The van der Waals surface area contributed by atoms with Crippen molar-refractivity contribution in [1.29, 1.82) is 0 Å². The summed E-state index contributed by atoms with van der Waals surface area (Å²) in [4.78, 5) is 17.4. The number of rotatable bonds is 5. The Morgan fingerprint density at radius 2 is 2.11 bits per heavy atom. The average Bonchev–Trinajstić information content (AvgIpc) is 3.27. The number of fused-ring (bicyclic) bond motifs is 1. The van der Waals surface area contributed by atoms with Gasteiger partial charge in [-0.1, -0.05) is 18.2 Å². The number of likely N-dealkylation sites (N-methyl/N-ethyl adjacent to an activating group) is 1. The molecule has 1 amide bonds. The summed E-state index contributed by atoms with van der Waals surface area (Å²) in [6.07, 6.45) is 5.72. The van der Waals surface area contributed by atoms with Crippen LogP contribution in [0.25, 0.3) is 10.9 Å². The number of nitrogens with zero attached hydrogens (tertiary/aromatic N) is 5. The van der Waals surface area contributed by atoms with Gasteiger partial charge in [0.05, 0.1) is 24.9 Å². The van der Waals surface area contributed by atoms with Crippen LogP contribution < -0.4 is 0 Å². The minimum atomic E-state index is -0.140. The van der Waals surface area contributed by atoms with E-state index >= 15 is 0 Å². The smallest absolute Gasteiger partial charge is 0.243 e. The summed E-state index contributed by atoms with van der Waals surface area (Å²) in [5.41, 5.74) is 2.09. The second-order valence-corrected chi connectivity index (χ2v) is 7.65. The highest BCUT2D eigenvalue weighted by molar-refractivity contribution is 5.83. The minimum absolute atomic E-state index is 0.0849. The van der Waals surface area contributed by atoms with E-state index < -0.39 is 0 Å². The van der Waals surface area contributed by atoms with Crippen LogP contribution in [0.2, 0.25) is 0 Å². The van der Waals surface area contributed by atoms with Crippen LogP contribution in [0.4, 0.5) is 0 Å². The van der Waals surface area contributed by atoms with Crippen LogP contribution in [0, 0.1) is 0 Å². The van der Waals surface area contributed by atoms with E-state index in [-0.39, 0.29) is 18.1 Å². The molecule has 0 bridgehead atoms. The molecule has 0 radical (unpaired) electrons. The van der Waals surface area contributed by atoms with Crippen LogP contribution in [-0.4, -0.2) is 70.0 Å². The van der Waals surface area contributed by atoms with Gasteiger partial charge in [0.2, 0.25) is 5.91 Å². The molecule has 0 unspecified atom stereocenters. The first kappa shape index (κ1) is 18.7. The van der Waals surface area contributed by atoms with Crippen molar-refractivity contribution in [3.8, 4) is 0 Å². The Bertz CT molecular complexity index is 961. The number of carbonyl (C=O) groups is 1. The first-order valence-corrected chi connectivity index (χ1v) is 9.61. The molecule has 7 nitrogen and oxygen atoms in total. The zero-order valence-corrected chi connectivity index (χ0v) is 16.7. The zero-order valence-electron chi connectivity index (χ0n) is 16.7. The van der Waals surface area contributed by atoms with Crippen molar-refractivity contribution in [1.82, 2.24) is 24.1 Å². The fraction of sp³-hybridized carbons (Fsp3) is 0.429. The van der Waals surface area contributed by atoms with E-state index in [2.05, 4.69) is 28.2 Å². The van der Waals surface area contributed by atoms with Crippen LogP contribution in [0.1, 0.15) is 11.6 Å². The molecule has 7 heteroatoms. The number of hydrogen-bond donors (Lipinski definition) is 0. The summed E-state index contributed by atoms with van der Waals surface area (Å²) in [5, 5.41) is 5.47. The standard InChI is InChI=1S/C21H27N5O2/c1-23(2)14-19-21(17-12-22-24(3)13-17)26(10-11-28-19)20(27)15-25-9-8-16-6-4-5-7-18(16)25/h4-9,12-13,19,21H,10-11,14-15H2,1-3H3/t19-,21-/m0/s1. The molecule has 0 spiro atoms. The van der Waals surface area contributed by atoms with E-state index in [4.69, 9.17) is 4.74 Å². The molecule has 148 valence electrons. The van der Waals surface area contributed by atoms with Crippen molar-refractivity contribution < 1.29 is 9.53 Å². The van der Waals surface area contributed by atoms with Crippen molar-refractivity contribution in [3.63, 3.8) is 0 Å². The molecule has 3 heterocycles. The molecule has 1 aliphatic heterocycles. The number of para-hydroxylation sites is 1. The maximum Gasteiger partial charge on any atom is 0.243 e. The maximum atomic E-state index is 13.3. The maximum absolute atomic E-state index is 13.3. The van der Waals surface area contributed by atoms with Gasteiger partial charge in [0.25, 0.3) is 0 Å². The van der Waals surface area contributed by atoms with Crippen molar-refractivity contribution in [2.24, 2.45) is 7.05 Å². The average molecular weight is 381 g/mol. The largest absolute Gasteiger partial charge is 0.373 e. The topological polar surface area (TPSA) is 55.5 Å². The van der Waals surface area contributed by atoms with Crippen LogP contribution in [0.5, 0.6) is 0 Å². The molecular formula is C21H27N5O2. The number of aryl methyl sites for hydroxylation is 1. The van der Waals surface area contributed by atoms with Crippen molar-refractivity contribution in [2.75, 3.05) is 33.8 Å². The fourth-order valence-corrected chi connectivity index (χ4v) is 4.03. The Labute approximate surface area is 165 Å². The molecule has 0 N–H and O–H groups in total. The minimum Gasteiger partial charge on any atom is -0.373 e. The van der Waals surface area contributed by atoms with Gasteiger partial charge in [-0.2, -0.15) is 5.10 Å². The monoisotopic (exact) mass is 381 g/mol. The molecule has 1 aromatic carbocycles. The second-order valence-electron chi connectivity index (χ2n) is 7.65. The van der Waals surface area contributed by atoms with Gasteiger partial charge in [0, 0.05) is 43.6 Å². The molecular weight excluding hydrogens is 354 g/mol. The molecule has 1 saturated heterocycles. The van der Waals surface area contributed by atoms with Gasteiger partial charge in [-0.3, -0.25) is 9.48 Å². The summed E-state index contributed by atoms with van der Waals surface area (Å²) in [6, 6.07) is 10.0. The Morgan fingerprint density at radius 1 is 1.29 bits per heavy atom. The highest BCUT2D eigenvalue weighted by Gasteiger charge is 2.37. The van der Waals surface area contributed by atoms with E-state index in [1.165, 1.54) is 0 Å². The van der Waals surface area contributed by atoms with E-state index in [1.54, 1.807) is 4.68 Å². The number of carbonyl (C=O) groups excluding carboxylic acids is 1. The van der Waals surface area contributed by atoms with E-state index in [0.29, 0.717) is 19.7 Å². The number of hydrogen-bond acceptors (Lipinski definition) is 4. The Morgan fingerprint density at radius 3 is 2.86 bits per heavy atom. The lowest BCUT2D eigenvalue weighted by molar-refractivity contribution is -0.148. The molecule has 2 aromatic heterocycles. The number of amides is 1. The van der Waals surface area contributed by atoms with Gasteiger partial charge in [-0.05, 0) is 31.6 Å². The molecule has 4 rings (SSSR count). The Kier molecular flexibility index (Phi) is 5.19. The summed E-state index contributed by atoms with van der Waals surface area (Å²) in [6.45, 7) is 2.20. The van der Waals surface area contributed by atoms with Gasteiger partial charge < -0.3 is 19.1 Å². The van der Waals surface area contributed by atoms with Crippen LogP contribution in [-0.2, 0) is 23.1 Å². The lowest BCUT2D eigenvalue weighted by Gasteiger charge is -2.42. The first-order chi connectivity index (χ1) is 13.5. The van der Waals surface area contributed by atoms with Gasteiger partial charge in [0.1, 0.15) is 6.54 Å². The highest BCUT2D eigenvalue weighted by Crippen LogP contribution is 2.30. The van der Waals surface area contributed by atoms with E-state index in [0.717, 1.165) is 23.0 Å². The quantitative estimate of drug-likeness (QED) is 0.677. The number of benzene rings is 1. The van der Waals surface area contributed by atoms with Crippen molar-refractivity contribution in [2.45, 2.75) is 18.7 Å². The molecule has 1 aliphatic rings. The number of morpholine rings is 1. The summed E-state index contributed by atoms with van der Waals surface area (Å²) in [5.74, 6) is 0.0993. The zero-order chi connectivity index (χ0) is 19.7. The van der Waals surface area contributed by atoms with Gasteiger partial charge in [-0.15, -0.1) is 0 Å². The van der Waals surface area contributed by atoms with Crippen LogP contribution >= 0.6 is 0 Å². The normalized spacial score (nSPS) is 20.2. The van der Waals surface area contributed by atoms with E-state index in [9.17, 15) is 4.79 Å². The highest BCUT2D eigenvalue weighted by atomic mass is 16.5. The molecule has 28 heavy (non-hydrogen) atoms. The van der Waals surface area contributed by atoms with Gasteiger partial charge in [-0.25, -0.2) is 0 Å².